The van der Waals surface area contributed by atoms with Crippen LogP contribution in [0.5, 0.6) is 0 Å². The highest BCUT2D eigenvalue weighted by molar-refractivity contribution is 5.75. The molecule has 0 saturated heterocycles. The van der Waals surface area contributed by atoms with Gasteiger partial charge in [-0.25, -0.2) is 0 Å². The van der Waals surface area contributed by atoms with Crippen LogP contribution in [-0.4, -0.2) is 18.1 Å². The molecule has 1 aromatic carbocycles. The van der Waals surface area contributed by atoms with Gasteiger partial charge in [0.25, 0.3) is 0 Å². The highest BCUT2D eigenvalue weighted by Crippen LogP contribution is 2.37. The Labute approximate surface area is 109 Å². The molecule has 0 amide bonds. The molecular formula is C15H23NO2. The summed E-state index contributed by atoms with van der Waals surface area (Å²) in [6.45, 7) is 9.65. The lowest BCUT2D eigenvalue weighted by Gasteiger charge is -2.33. The second-order valence-corrected chi connectivity index (χ2v) is 5.56. The first-order valence-corrected chi connectivity index (χ1v) is 6.20. The molecule has 1 atom stereocenters. The van der Waals surface area contributed by atoms with E-state index in [1.807, 2.05) is 20.9 Å². The fraction of sp³-hybridized carbons (Fsp3) is 0.533. The standard InChI is InChI=1S/C15H23NO2/c1-9-7-10(2)12(11(3)8-9)13(16-6)15(4,5)14(17)18/h7-8,13,16H,1-6H3,(H,17,18). The number of rotatable bonds is 4. The largest absolute Gasteiger partial charge is 0.481 e. The molecule has 0 saturated carbocycles. The normalized spacial score (nSPS) is 13.4. The van der Waals surface area contributed by atoms with Crippen molar-refractivity contribution in [2.45, 2.75) is 40.7 Å². The summed E-state index contributed by atoms with van der Waals surface area (Å²) in [4.78, 5) is 11.4. The van der Waals surface area contributed by atoms with Crippen LogP contribution in [0.3, 0.4) is 0 Å². The summed E-state index contributed by atoms with van der Waals surface area (Å²) in [6.07, 6.45) is 0. The third-order valence-corrected chi connectivity index (χ3v) is 3.59. The molecule has 0 aliphatic rings. The highest BCUT2D eigenvalue weighted by atomic mass is 16.4. The van der Waals surface area contributed by atoms with Gasteiger partial charge in [0, 0.05) is 6.04 Å². The van der Waals surface area contributed by atoms with Gasteiger partial charge in [-0.2, -0.15) is 0 Å². The Hall–Kier alpha value is -1.35. The minimum atomic E-state index is -0.848. The maximum atomic E-state index is 11.4. The van der Waals surface area contributed by atoms with Crippen LogP contribution in [-0.2, 0) is 4.79 Å². The molecule has 0 bridgehead atoms. The van der Waals surface area contributed by atoms with Crippen LogP contribution in [0.2, 0.25) is 0 Å². The highest BCUT2D eigenvalue weighted by Gasteiger charge is 2.38. The lowest BCUT2D eigenvalue weighted by atomic mass is 9.77. The molecule has 2 N–H and O–H groups in total. The summed E-state index contributed by atoms with van der Waals surface area (Å²) in [7, 11) is 1.81. The van der Waals surface area contributed by atoms with Crippen LogP contribution >= 0.6 is 0 Å². The Balaban J connectivity index is 3.39. The molecular weight excluding hydrogens is 226 g/mol. The van der Waals surface area contributed by atoms with E-state index in [4.69, 9.17) is 0 Å². The van der Waals surface area contributed by atoms with Gasteiger partial charge in [-0.05, 0) is 58.4 Å². The summed E-state index contributed by atoms with van der Waals surface area (Å²) >= 11 is 0. The number of hydrogen-bond acceptors (Lipinski definition) is 2. The molecule has 0 aromatic heterocycles. The van der Waals surface area contributed by atoms with Crippen molar-refractivity contribution < 1.29 is 9.90 Å². The molecule has 0 radical (unpaired) electrons. The topological polar surface area (TPSA) is 49.3 Å². The van der Waals surface area contributed by atoms with Gasteiger partial charge in [0.2, 0.25) is 0 Å². The van der Waals surface area contributed by atoms with Crippen molar-refractivity contribution in [3.8, 4) is 0 Å². The van der Waals surface area contributed by atoms with Gasteiger partial charge in [-0.1, -0.05) is 17.7 Å². The fourth-order valence-electron chi connectivity index (χ4n) is 2.64. The van der Waals surface area contributed by atoms with E-state index >= 15 is 0 Å². The van der Waals surface area contributed by atoms with Gasteiger partial charge in [0.05, 0.1) is 5.41 Å². The van der Waals surface area contributed by atoms with Gasteiger partial charge in [0.15, 0.2) is 0 Å². The van der Waals surface area contributed by atoms with Crippen LogP contribution in [0.15, 0.2) is 12.1 Å². The van der Waals surface area contributed by atoms with E-state index in [2.05, 4.69) is 24.4 Å². The molecule has 100 valence electrons. The zero-order valence-electron chi connectivity index (χ0n) is 12.1. The Bertz CT molecular complexity index is 441. The van der Waals surface area contributed by atoms with E-state index in [1.165, 1.54) is 5.56 Å². The van der Waals surface area contributed by atoms with Crippen molar-refractivity contribution in [1.82, 2.24) is 5.32 Å². The maximum absolute atomic E-state index is 11.4. The molecule has 3 nitrogen and oxygen atoms in total. The number of benzene rings is 1. The van der Waals surface area contributed by atoms with Gasteiger partial charge in [0.1, 0.15) is 0 Å². The summed E-state index contributed by atoms with van der Waals surface area (Å²) in [6, 6.07) is 4.01. The van der Waals surface area contributed by atoms with Gasteiger partial charge in [-0.15, -0.1) is 0 Å². The SMILES string of the molecule is CNC(c1c(C)cc(C)cc1C)C(C)(C)C(=O)O. The quantitative estimate of drug-likeness (QED) is 0.862. The second kappa shape index (κ2) is 5.11. The minimum absolute atomic E-state index is 0.199. The number of carboxylic acids is 1. The Morgan fingerprint density at radius 3 is 2.00 bits per heavy atom. The van der Waals surface area contributed by atoms with Gasteiger partial charge in [-0.3, -0.25) is 4.79 Å². The number of nitrogens with one attached hydrogen (secondary N) is 1. The third kappa shape index (κ3) is 2.56. The number of hydrogen-bond donors (Lipinski definition) is 2. The number of carboxylic acid groups (broad SMARTS) is 1. The van der Waals surface area contributed by atoms with Crippen LogP contribution in [0, 0.1) is 26.2 Å². The minimum Gasteiger partial charge on any atom is -0.481 e. The lowest BCUT2D eigenvalue weighted by Crippen LogP contribution is -2.39. The molecule has 1 rings (SSSR count). The smallest absolute Gasteiger partial charge is 0.311 e. The predicted molar refractivity (Wildman–Crippen MR) is 73.9 cm³/mol. The second-order valence-electron chi connectivity index (χ2n) is 5.56. The Morgan fingerprint density at radius 2 is 1.67 bits per heavy atom. The van der Waals surface area contributed by atoms with E-state index in [1.54, 1.807) is 13.8 Å². The maximum Gasteiger partial charge on any atom is 0.311 e. The molecule has 3 heteroatoms. The van der Waals surface area contributed by atoms with E-state index in [-0.39, 0.29) is 6.04 Å². The third-order valence-electron chi connectivity index (χ3n) is 3.59. The molecule has 1 aromatic rings. The molecule has 0 heterocycles. The molecule has 18 heavy (non-hydrogen) atoms. The monoisotopic (exact) mass is 249 g/mol. The average molecular weight is 249 g/mol. The van der Waals surface area contributed by atoms with Crippen molar-refractivity contribution in [3.63, 3.8) is 0 Å². The molecule has 0 aliphatic carbocycles. The van der Waals surface area contributed by atoms with Crippen LogP contribution < -0.4 is 5.32 Å². The Kier molecular flexibility index (Phi) is 4.17. The van der Waals surface area contributed by atoms with Gasteiger partial charge >= 0.3 is 5.97 Å². The van der Waals surface area contributed by atoms with Crippen molar-refractivity contribution in [2.75, 3.05) is 7.05 Å². The van der Waals surface area contributed by atoms with E-state index < -0.39 is 11.4 Å². The first kappa shape index (κ1) is 14.7. The van der Waals surface area contributed by atoms with Gasteiger partial charge < -0.3 is 10.4 Å². The summed E-state index contributed by atoms with van der Waals surface area (Å²) in [5.74, 6) is -0.791. The van der Waals surface area contributed by atoms with E-state index in [0.29, 0.717) is 0 Å². The van der Waals surface area contributed by atoms with Crippen LogP contribution in [0.1, 0.15) is 42.1 Å². The van der Waals surface area contributed by atoms with Crippen molar-refractivity contribution in [3.05, 3.63) is 34.4 Å². The van der Waals surface area contributed by atoms with Crippen LogP contribution in [0.4, 0.5) is 0 Å². The molecule has 0 fully saturated rings. The predicted octanol–water partition coefficient (Wildman–Crippen LogP) is 2.98. The first-order valence-electron chi connectivity index (χ1n) is 6.20. The lowest BCUT2D eigenvalue weighted by molar-refractivity contribution is -0.148. The van der Waals surface area contributed by atoms with Crippen molar-refractivity contribution in [1.29, 1.82) is 0 Å². The first-order chi connectivity index (χ1) is 8.21. The van der Waals surface area contributed by atoms with Crippen molar-refractivity contribution >= 4 is 5.97 Å². The summed E-state index contributed by atoms with van der Waals surface area (Å²) in [5.41, 5.74) is 3.73. The van der Waals surface area contributed by atoms with Crippen molar-refractivity contribution in [2.24, 2.45) is 5.41 Å². The molecule has 0 spiro atoms. The van der Waals surface area contributed by atoms with E-state index in [0.717, 1.165) is 16.7 Å². The number of aliphatic carboxylic acids is 1. The summed E-state index contributed by atoms with van der Waals surface area (Å²) in [5, 5.41) is 12.6. The molecule has 1 unspecified atom stereocenters. The number of aryl methyl sites for hydroxylation is 3. The average Bonchev–Trinajstić information content (AvgIpc) is 2.22. The number of carbonyl (C=O) groups is 1. The zero-order valence-corrected chi connectivity index (χ0v) is 12.1. The zero-order chi connectivity index (χ0) is 14.1. The summed E-state index contributed by atoms with van der Waals surface area (Å²) < 4.78 is 0. The Morgan fingerprint density at radius 1 is 1.22 bits per heavy atom. The van der Waals surface area contributed by atoms with E-state index in [9.17, 15) is 9.90 Å². The van der Waals surface area contributed by atoms with Crippen LogP contribution in [0.25, 0.3) is 0 Å². The molecule has 0 aliphatic heterocycles. The fourth-order valence-corrected chi connectivity index (χ4v) is 2.64.